The van der Waals surface area contributed by atoms with Crippen molar-refractivity contribution in [3.63, 3.8) is 0 Å². The molecule has 0 amide bonds. The number of carbonyl (C=O) groups excluding carboxylic acids is 1. The third kappa shape index (κ3) is 1.64. The van der Waals surface area contributed by atoms with Crippen molar-refractivity contribution in [2.75, 3.05) is 7.11 Å². The van der Waals surface area contributed by atoms with Crippen molar-refractivity contribution >= 4 is 5.78 Å². The molecule has 2 bridgehead atoms. The summed E-state index contributed by atoms with van der Waals surface area (Å²) in [5.41, 5.74) is 0.797. The molecule has 3 aliphatic carbocycles. The molecule has 1 saturated carbocycles. The van der Waals surface area contributed by atoms with E-state index in [0.717, 1.165) is 25.7 Å². The number of ketones is 1. The summed E-state index contributed by atoms with van der Waals surface area (Å²) in [6, 6.07) is 0. The third-order valence-corrected chi connectivity index (χ3v) is 4.34. The number of hydrogen-bond donors (Lipinski definition) is 0. The molecule has 0 N–H and O–H groups in total. The molecule has 1 fully saturated rings. The number of fused-ring (bicyclic) bond motifs is 2. The Hall–Kier alpha value is -0.630. The smallest absolute Gasteiger partial charge is 0.172 e. The van der Waals surface area contributed by atoms with Crippen molar-refractivity contribution in [3.05, 3.63) is 11.6 Å². The van der Waals surface area contributed by atoms with Crippen LogP contribution in [0.3, 0.4) is 0 Å². The van der Waals surface area contributed by atoms with Crippen LogP contribution in [0.1, 0.15) is 46.0 Å². The SMILES string of the molecule is CCCC[C@@H]1C(=O)[C@]2(OC)C=C(C)[C@H]1CC2. The first-order chi connectivity index (χ1) is 7.64. The third-order valence-electron chi connectivity index (χ3n) is 4.34. The van der Waals surface area contributed by atoms with Gasteiger partial charge < -0.3 is 4.74 Å². The average Bonchev–Trinajstić information content (AvgIpc) is 2.30. The minimum Gasteiger partial charge on any atom is -0.366 e. The molecule has 0 spiro atoms. The van der Waals surface area contributed by atoms with Crippen LogP contribution >= 0.6 is 0 Å². The summed E-state index contributed by atoms with van der Waals surface area (Å²) < 4.78 is 5.53. The average molecular weight is 222 g/mol. The number of rotatable bonds is 4. The van der Waals surface area contributed by atoms with E-state index in [9.17, 15) is 4.79 Å². The fraction of sp³-hybridized carbons (Fsp3) is 0.786. The van der Waals surface area contributed by atoms with E-state index in [-0.39, 0.29) is 5.92 Å². The van der Waals surface area contributed by atoms with Crippen LogP contribution in [0.4, 0.5) is 0 Å². The largest absolute Gasteiger partial charge is 0.366 e. The summed E-state index contributed by atoms with van der Waals surface area (Å²) in [6.07, 6.45) is 7.44. The number of hydrogen-bond acceptors (Lipinski definition) is 2. The Balaban J connectivity index is 2.25. The van der Waals surface area contributed by atoms with E-state index in [1.54, 1.807) is 7.11 Å². The highest BCUT2D eigenvalue weighted by Gasteiger charge is 2.51. The Morgan fingerprint density at radius 3 is 2.88 bits per heavy atom. The predicted octanol–water partition coefficient (Wildman–Crippen LogP) is 3.12. The quantitative estimate of drug-likeness (QED) is 0.683. The van der Waals surface area contributed by atoms with Crippen molar-refractivity contribution < 1.29 is 9.53 Å². The van der Waals surface area contributed by atoms with Crippen molar-refractivity contribution in [2.24, 2.45) is 11.8 Å². The number of unbranched alkanes of at least 4 members (excludes halogenated alkanes) is 1. The molecule has 0 saturated heterocycles. The van der Waals surface area contributed by atoms with E-state index < -0.39 is 5.60 Å². The maximum atomic E-state index is 12.4. The zero-order valence-corrected chi connectivity index (χ0v) is 10.6. The van der Waals surface area contributed by atoms with Crippen molar-refractivity contribution in [2.45, 2.75) is 51.6 Å². The fourth-order valence-electron chi connectivity index (χ4n) is 3.37. The van der Waals surface area contributed by atoms with Gasteiger partial charge in [-0.05, 0) is 38.2 Å². The normalized spacial score (nSPS) is 37.7. The van der Waals surface area contributed by atoms with Crippen LogP contribution in [-0.4, -0.2) is 18.5 Å². The van der Waals surface area contributed by atoms with Gasteiger partial charge >= 0.3 is 0 Å². The summed E-state index contributed by atoms with van der Waals surface area (Å²) in [6.45, 7) is 4.34. The van der Waals surface area contributed by atoms with Crippen molar-refractivity contribution in [1.82, 2.24) is 0 Å². The number of carbonyl (C=O) groups is 1. The first-order valence-electron chi connectivity index (χ1n) is 6.43. The van der Waals surface area contributed by atoms with Gasteiger partial charge in [0.1, 0.15) is 5.60 Å². The summed E-state index contributed by atoms with van der Waals surface area (Å²) in [5.74, 6) is 1.06. The Morgan fingerprint density at radius 1 is 1.56 bits per heavy atom. The molecule has 3 atom stereocenters. The Bertz CT molecular complexity index is 319. The van der Waals surface area contributed by atoms with Gasteiger partial charge in [-0.25, -0.2) is 0 Å². The van der Waals surface area contributed by atoms with E-state index in [0.29, 0.717) is 11.7 Å². The highest BCUT2D eigenvalue weighted by molar-refractivity contribution is 5.94. The summed E-state index contributed by atoms with van der Waals surface area (Å²) >= 11 is 0. The molecule has 2 heteroatoms. The van der Waals surface area contributed by atoms with E-state index in [4.69, 9.17) is 4.74 Å². The Morgan fingerprint density at radius 2 is 2.31 bits per heavy atom. The van der Waals surface area contributed by atoms with Crippen LogP contribution in [-0.2, 0) is 9.53 Å². The van der Waals surface area contributed by atoms with Gasteiger partial charge in [-0.2, -0.15) is 0 Å². The first-order valence-corrected chi connectivity index (χ1v) is 6.43. The van der Waals surface area contributed by atoms with Gasteiger partial charge in [0.25, 0.3) is 0 Å². The minimum absolute atomic E-state index is 0.221. The lowest BCUT2D eigenvalue weighted by atomic mass is 9.61. The second-order valence-electron chi connectivity index (χ2n) is 5.24. The fourth-order valence-corrected chi connectivity index (χ4v) is 3.37. The Kier molecular flexibility index (Phi) is 3.20. The van der Waals surface area contributed by atoms with E-state index >= 15 is 0 Å². The zero-order chi connectivity index (χ0) is 11.8. The van der Waals surface area contributed by atoms with Gasteiger partial charge in [-0.15, -0.1) is 0 Å². The van der Waals surface area contributed by atoms with Crippen molar-refractivity contribution in [1.29, 1.82) is 0 Å². The molecule has 0 aromatic heterocycles. The maximum Gasteiger partial charge on any atom is 0.172 e. The molecule has 0 radical (unpaired) electrons. The van der Waals surface area contributed by atoms with Crippen LogP contribution in [0.5, 0.6) is 0 Å². The van der Waals surface area contributed by atoms with Gasteiger partial charge in [0.05, 0.1) is 0 Å². The van der Waals surface area contributed by atoms with Crippen LogP contribution in [0.2, 0.25) is 0 Å². The van der Waals surface area contributed by atoms with Gasteiger partial charge in [0.2, 0.25) is 0 Å². The lowest BCUT2D eigenvalue weighted by Gasteiger charge is -2.46. The van der Waals surface area contributed by atoms with Gasteiger partial charge in [0.15, 0.2) is 5.78 Å². The van der Waals surface area contributed by atoms with Crippen LogP contribution < -0.4 is 0 Å². The minimum atomic E-state index is -0.572. The number of Topliss-reactive ketones (excluding diaryl/α,β-unsaturated/α-hetero) is 1. The second-order valence-corrected chi connectivity index (χ2v) is 5.24. The van der Waals surface area contributed by atoms with Gasteiger partial charge in [-0.3, -0.25) is 4.79 Å². The van der Waals surface area contributed by atoms with Crippen LogP contribution in [0.25, 0.3) is 0 Å². The molecular formula is C14H22O2. The van der Waals surface area contributed by atoms with Crippen LogP contribution in [0, 0.1) is 11.8 Å². The summed E-state index contributed by atoms with van der Waals surface area (Å²) in [7, 11) is 1.67. The van der Waals surface area contributed by atoms with Crippen molar-refractivity contribution in [3.8, 4) is 0 Å². The van der Waals surface area contributed by atoms with Gasteiger partial charge in [0, 0.05) is 13.0 Å². The topological polar surface area (TPSA) is 26.3 Å². The molecule has 16 heavy (non-hydrogen) atoms. The molecule has 0 aromatic carbocycles. The monoisotopic (exact) mass is 222 g/mol. The molecular weight excluding hydrogens is 200 g/mol. The molecule has 3 rings (SSSR count). The standard InChI is InChI=1S/C14H22O2/c1-4-5-6-12-11-7-8-14(16-3,13(12)15)9-10(11)2/h9,11-12H,4-8H2,1-3H3/t11-,12+,14-/m1/s1. The van der Waals surface area contributed by atoms with E-state index in [2.05, 4.69) is 19.9 Å². The second kappa shape index (κ2) is 4.33. The molecule has 0 unspecified atom stereocenters. The molecule has 0 heterocycles. The Labute approximate surface area is 98.1 Å². The maximum absolute atomic E-state index is 12.4. The predicted molar refractivity (Wildman–Crippen MR) is 64.2 cm³/mol. The highest BCUT2D eigenvalue weighted by Crippen LogP contribution is 2.47. The van der Waals surface area contributed by atoms with Gasteiger partial charge in [-0.1, -0.05) is 25.3 Å². The lowest BCUT2D eigenvalue weighted by Crippen LogP contribution is -2.53. The lowest BCUT2D eigenvalue weighted by molar-refractivity contribution is -0.149. The molecule has 0 aliphatic heterocycles. The summed E-state index contributed by atoms with van der Waals surface area (Å²) in [4.78, 5) is 12.4. The zero-order valence-electron chi connectivity index (χ0n) is 10.6. The summed E-state index contributed by atoms with van der Waals surface area (Å²) in [5, 5.41) is 0. The number of allylic oxidation sites excluding steroid dienone is 1. The molecule has 2 nitrogen and oxygen atoms in total. The number of methoxy groups -OCH3 is 1. The first kappa shape index (κ1) is 11.8. The number of ether oxygens (including phenoxy) is 1. The van der Waals surface area contributed by atoms with E-state index in [1.165, 1.54) is 12.0 Å². The van der Waals surface area contributed by atoms with E-state index in [1.807, 2.05) is 0 Å². The molecule has 90 valence electrons. The molecule has 3 aliphatic rings. The highest BCUT2D eigenvalue weighted by atomic mass is 16.5. The van der Waals surface area contributed by atoms with Crippen LogP contribution in [0.15, 0.2) is 11.6 Å². The molecule has 0 aromatic rings.